The van der Waals surface area contributed by atoms with Crippen LogP contribution < -0.4 is 0 Å². The summed E-state index contributed by atoms with van der Waals surface area (Å²) in [5.74, 6) is 2.88. The quantitative estimate of drug-likeness (QED) is 0.865. The summed E-state index contributed by atoms with van der Waals surface area (Å²) in [6.07, 6.45) is 12.4. The highest BCUT2D eigenvalue weighted by molar-refractivity contribution is 5.83. The molecule has 0 heterocycles. The van der Waals surface area contributed by atoms with E-state index in [9.17, 15) is 9.90 Å². The molecule has 0 atom stereocenters. The van der Waals surface area contributed by atoms with Crippen LogP contribution in [0.5, 0.6) is 0 Å². The minimum Gasteiger partial charge on any atom is -0.395 e. The number of aliphatic hydroxyl groups excluding tert-OH is 1. The molecule has 0 unspecified atom stereocenters. The maximum atomic E-state index is 13.4. The highest BCUT2D eigenvalue weighted by Crippen LogP contribution is 2.60. The molecule has 0 aromatic rings. The fourth-order valence-corrected chi connectivity index (χ4v) is 6.45. The second-order valence-corrected chi connectivity index (χ2v) is 8.36. The highest BCUT2D eigenvalue weighted by Gasteiger charge is 2.56. The van der Waals surface area contributed by atoms with Crippen molar-refractivity contribution in [2.45, 2.75) is 70.3 Å². The summed E-state index contributed by atoms with van der Waals surface area (Å²) >= 11 is 0. The minimum atomic E-state index is -0.0352. The lowest BCUT2D eigenvalue weighted by atomic mass is 9.49. The Hall–Kier alpha value is -0.570. The van der Waals surface area contributed by atoms with Gasteiger partial charge in [0.1, 0.15) is 0 Å². The molecule has 0 aromatic heterocycles. The Balaban J connectivity index is 1.57. The van der Waals surface area contributed by atoms with Gasteiger partial charge in [0, 0.05) is 12.6 Å². The normalized spacial score (nSPS) is 41.7. The third-order valence-corrected chi connectivity index (χ3v) is 6.86. The summed E-state index contributed by atoms with van der Waals surface area (Å²) in [6, 6.07) is 0.414. The van der Waals surface area contributed by atoms with Gasteiger partial charge in [0.2, 0.25) is 5.91 Å². The first-order valence-electron chi connectivity index (χ1n) is 9.12. The van der Waals surface area contributed by atoms with E-state index in [-0.39, 0.29) is 12.0 Å². The van der Waals surface area contributed by atoms with Crippen molar-refractivity contribution in [3.05, 3.63) is 0 Å². The first-order valence-corrected chi connectivity index (χ1v) is 9.12. The van der Waals surface area contributed by atoms with E-state index in [2.05, 4.69) is 4.90 Å². The van der Waals surface area contributed by atoms with Crippen molar-refractivity contribution >= 4 is 5.91 Å². The summed E-state index contributed by atoms with van der Waals surface area (Å²) in [7, 11) is 0. The molecular weight excluding hydrogens is 262 g/mol. The van der Waals surface area contributed by atoms with Gasteiger partial charge in [-0.2, -0.15) is 0 Å². The van der Waals surface area contributed by atoms with Crippen molar-refractivity contribution < 1.29 is 9.90 Å². The van der Waals surface area contributed by atoms with Crippen molar-refractivity contribution in [2.75, 3.05) is 13.2 Å². The van der Waals surface area contributed by atoms with Crippen molar-refractivity contribution in [1.29, 1.82) is 0 Å². The molecule has 0 aliphatic heterocycles. The van der Waals surface area contributed by atoms with Gasteiger partial charge in [0.25, 0.3) is 0 Å². The summed E-state index contributed by atoms with van der Waals surface area (Å²) in [5.41, 5.74) is -0.0352. The van der Waals surface area contributed by atoms with Gasteiger partial charge in [-0.1, -0.05) is 12.8 Å². The Bertz CT molecular complexity index is 378. The van der Waals surface area contributed by atoms with Gasteiger partial charge in [0.05, 0.1) is 12.0 Å². The number of carbonyl (C=O) groups is 1. The van der Waals surface area contributed by atoms with Crippen LogP contribution in [-0.4, -0.2) is 35.1 Å². The fraction of sp³-hybridized carbons (Fsp3) is 0.944. The maximum Gasteiger partial charge on any atom is 0.229 e. The van der Waals surface area contributed by atoms with Crippen LogP contribution in [0.2, 0.25) is 0 Å². The van der Waals surface area contributed by atoms with E-state index in [0.29, 0.717) is 18.5 Å². The van der Waals surface area contributed by atoms with Gasteiger partial charge < -0.3 is 10.0 Å². The van der Waals surface area contributed by atoms with Gasteiger partial charge in [-0.25, -0.2) is 0 Å². The van der Waals surface area contributed by atoms with Crippen molar-refractivity contribution in [3.63, 3.8) is 0 Å². The number of aliphatic hydroxyl groups is 1. The van der Waals surface area contributed by atoms with Crippen LogP contribution in [0, 0.1) is 23.2 Å². The molecule has 5 fully saturated rings. The standard InChI is InChI=1S/C18H29NO2/c20-6-5-19(16-3-1-2-4-16)17(21)18-10-13-7-14(11-18)9-15(8-13)12-18/h13-16,20H,1-12H2. The van der Waals surface area contributed by atoms with E-state index in [1.165, 1.54) is 32.1 Å². The molecule has 0 radical (unpaired) electrons. The van der Waals surface area contributed by atoms with E-state index < -0.39 is 0 Å². The number of carbonyl (C=O) groups excluding carboxylic acids is 1. The number of hydrogen-bond acceptors (Lipinski definition) is 2. The van der Waals surface area contributed by atoms with Gasteiger partial charge in [-0.3, -0.25) is 4.79 Å². The monoisotopic (exact) mass is 291 g/mol. The molecule has 118 valence electrons. The zero-order chi connectivity index (χ0) is 14.4. The molecule has 0 spiro atoms. The fourth-order valence-electron chi connectivity index (χ4n) is 6.45. The Kier molecular flexibility index (Phi) is 3.52. The predicted molar refractivity (Wildman–Crippen MR) is 81.7 cm³/mol. The molecule has 0 saturated heterocycles. The number of amides is 1. The topological polar surface area (TPSA) is 40.5 Å². The largest absolute Gasteiger partial charge is 0.395 e. The molecule has 21 heavy (non-hydrogen) atoms. The van der Waals surface area contributed by atoms with Crippen molar-refractivity contribution in [2.24, 2.45) is 23.2 Å². The van der Waals surface area contributed by atoms with E-state index in [1.54, 1.807) is 0 Å². The minimum absolute atomic E-state index is 0.0352. The first-order chi connectivity index (χ1) is 10.2. The van der Waals surface area contributed by atoms with E-state index in [4.69, 9.17) is 0 Å². The van der Waals surface area contributed by atoms with Crippen LogP contribution >= 0.6 is 0 Å². The van der Waals surface area contributed by atoms with Gasteiger partial charge in [0.15, 0.2) is 0 Å². The Labute approximate surface area is 128 Å². The molecule has 5 saturated carbocycles. The van der Waals surface area contributed by atoms with Gasteiger partial charge in [-0.15, -0.1) is 0 Å². The SMILES string of the molecule is O=C(N(CCO)C1CCCC1)C12CC3CC(CC(C3)C1)C2. The van der Waals surface area contributed by atoms with Gasteiger partial charge >= 0.3 is 0 Å². The Morgan fingerprint density at radius 2 is 1.52 bits per heavy atom. The van der Waals surface area contributed by atoms with Crippen molar-refractivity contribution in [3.8, 4) is 0 Å². The molecule has 3 nitrogen and oxygen atoms in total. The van der Waals surface area contributed by atoms with E-state index in [1.807, 2.05) is 0 Å². The molecule has 5 aliphatic rings. The average Bonchev–Trinajstić information content (AvgIpc) is 2.96. The zero-order valence-corrected chi connectivity index (χ0v) is 13.1. The van der Waals surface area contributed by atoms with Crippen LogP contribution in [0.25, 0.3) is 0 Å². The van der Waals surface area contributed by atoms with Crippen LogP contribution in [0.1, 0.15) is 64.2 Å². The van der Waals surface area contributed by atoms with Gasteiger partial charge in [-0.05, 0) is 69.1 Å². The molecule has 1 amide bonds. The smallest absolute Gasteiger partial charge is 0.229 e. The van der Waals surface area contributed by atoms with E-state index in [0.717, 1.165) is 49.9 Å². The molecular formula is C18H29NO2. The summed E-state index contributed by atoms with van der Waals surface area (Å²) in [6.45, 7) is 0.680. The van der Waals surface area contributed by atoms with Crippen LogP contribution in [0.15, 0.2) is 0 Å². The summed E-state index contributed by atoms with van der Waals surface area (Å²) in [5, 5.41) is 9.43. The molecule has 4 bridgehead atoms. The zero-order valence-electron chi connectivity index (χ0n) is 13.1. The summed E-state index contributed by atoms with van der Waals surface area (Å²) in [4.78, 5) is 15.5. The third-order valence-electron chi connectivity index (χ3n) is 6.86. The molecule has 5 rings (SSSR count). The first kappa shape index (κ1) is 14.0. The third kappa shape index (κ3) is 2.32. The lowest BCUT2D eigenvalue weighted by Gasteiger charge is -2.57. The van der Waals surface area contributed by atoms with Crippen LogP contribution in [0.4, 0.5) is 0 Å². The van der Waals surface area contributed by atoms with Crippen LogP contribution in [0.3, 0.4) is 0 Å². The number of nitrogens with zero attached hydrogens (tertiary/aromatic N) is 1. The number of hydrogen-bond donors (Lipinski definition) is 1. The van der Waals surface area contributed by atoms with E-state index >= 15 is 0 Å². The van der Waals surface area contributed by atoms with Crippen LogP contribution in [-0.2, 0) is 4.79 Å². The number of rotatable bonds is 4. The molecule has 1 N–H and O–H groups in total. The second kappa shape index (κ2) is 5.26. The molecule has 3 heteroatoms. The Morgan fingerprint density at radius 1 is 1.00 bits per heavy atom. The lowest BCUT2D eigenvalue weighted by molar-refractivity contribution is -0.160. The molecule has 5 aliphatic carbocycles. The average molecular weight is 291 g/mol. The maximum absolute atomic E-state index is 13.4. The Morgan fingerprint density at radius 3 is 2.00 bits per heavy atom. The molecule has 0 aromatic carbocycles. The van der Waals surface area contributed by atoms with Crippen molar-refractivity contribution in [1.82, 2.24) is 4.90 Å². The lowest BCUT2D eigenvalue weighted by Crippen LogP contribution is -2.56. The highest BCUT2D eigenvalue weighted by atomic mass is 16.3. The second-order valence-electron chi connectivity index (χ2n) is 8.36. The summed E-state index contributed by atoms with van der Waals surface area (Å²) < 4.78 is 0. The predicted octanol–water partition coefficient (Wildman–Crippen LogP) is 2.97.